The number of nitrogens with zero attached hydrogens (tertiary/aromatic N) is 2. The molecule has 0 aromatic heterocycles. The lowest BCUT2D eigenvalue weighted by Gasteiger charge is -2.27. The number of benzene rings is 1. The summed E-state index contributed by atoms with van der Waals surface area (Å²) >= 11 is 0. The second kappa shape index (κ2) is 5.88. The minimum Gasteiger partial charge on any atom is -0.367 e. The Bertz CT molecular complexity index is 448. The van der Waals surface area contributed by atoms with Crippen LogP contribution in [0.1, 0.15) is 37.3 Å². The van der Waals surface area contributed by atoms with E-state index in [1.807, 2.05) is 13.1 Å². The minimum atomic E-state index is 0.604. The van der Waals surface area contributed by atoms with E-state index in [4.69, 9.17) is 0 Å². The second-order valence-corrected chi connectivity index (χ2v) is 4.89. The maximum Gasteiger partial charge on any atom is 0.101 e. The van der Waals surface area contributed by atoms with Crippen LogP contribution in [-0.2, 0) is 6.54 Å². The molecule has 0 aliphatic carbocycles. The van der Waals surface area contributed by atoms with Gasteiger partial charge in [0.2, 0.25) is 0 Å². The summed E-state index contributed by atoms with van der Waals surface area (Å²) in [5, 5.41) is 12.5. The normalized spacial score (nSPS) is 18.9. The third kappa shape index (κ3) is 2.49. The van der Waals surface area contributed by atoms with Crippen LogP contribution >= 0.6 is 0 Å². The van der Waals surface area contributed by atoms with E-state index in [0.29, 0.717) is 6.04 Å². The van der Waals surface area contributed by atoms with Gasteiger partial charge < -0.3 is 10.2 Å². The zero-order chi connectivity index (χ0) is 13.0. The smallest absolute Gasteiger partial charge is 0.101 e. The van der Waals surface area contributed by atoms with Gasteiger partial charge in [-0.25, -0.2) is 0 Å². The molecule has 1 atom stereocenters. The molecule has 0 radical (unpaired) electrons. The lowest BCUT2D eigenvalue weighted by Crippen LogP contribution is -2.29. The molecule has 0 amide bonds. The van der Waals surface area contributed by atoms with E-state index in [2.05, 4.69) is 35.3 Å². The highest BCUT2D eigenvalue weighted by molar-refractivity contribution is 5.61. The van der Waals surface area contributed by atoms with Crippen LogP contribution in [-0.4, -0.2) is 19.6 Å². The summed E-state index contributed by atoms with van der Waals surface area (Å²) in [6.07, 6.45) is 3.64. The van der Waals surface area contributed by atoms with Crippen LogP contribution < -0.4 is 10.2 Å². The van der Waals surface area contributed by atoms with Crippen molar-refractivity contribution in [2.75, 3.05) is 18.5 Å². The number of rotatable bonds is 4. The van der Waals surface area contributed by atoms with Gasteiger partial charge >= 0.3 is 0 Å². The molecule has 1 saturated heterocycles. The predicted octanol–water partition coefficient (Wildman–Crippen LogP) is 2.66. The van der Waals surface area contributed by atoms with Gasteiger partial charge in [-0.15, -0.1) is 0 Å². The topological polar surface area (TPSA) is 39.1 Å². The van der Waals surface area contributed by atoms with E-state index in [1.54, 1.807) is 0 Å². The van der Waals surface area contributed by atoms with Crippen LogP contribution in [0.25, 0.3) is 0 Å². The van der Waals surface area contributed by atoms with Crippen molar-refractivity contribution in [2.45, 2.75) is 38.8 Å². The van der Waals surface area contributed by atoms with E-state index in [-0.39, 0.29) is 0 Å². The van der Waals surface area contributed by atoms with Crippen LogP contribution in [0.4, 0.5) is 5.69 Å². The van der Waals surface area contributed by atoms with Gasteiger partial charge in [-0.2, -0.15) is 5.26 Å². The fraction of sp³-hybridized carbons (Fsp3) is 0.533. The lowest BCUT2D eigenvalue weighted by molar-refractivity contribution is 0.645. The van der Waals surface area contributed by atoms with Crippen molar-refractivity contribution in [3.8, 4) is 6.07 Å². The second-order valence-electron chi connectivity index (χ2n) is 4.89. The summed E-state index contributed by atoms with van der Waals surface area (Å²) in [6, 6.07) is 9.19. The van der Waals surface area contributed by atoms with Crippen LogP contribution in [0.3, 0.4) is 0 Å². The number of hydrogen-bond acceptors (Lipinski definition) is 3. The molecule has 1 aliphatic heterocycles. The van der Waals surface area contributed by atoms with E-state index in [0.717, 1.165) is 30.8 Å². The Labute approximate surface area is 109 Å². The van der Waals surface area contributed by atoms with Crippen LogP contribution in [0.5, 0.6) is 0 Å². The fourth-order valence-corrected chi connectivity index (χ4v) is 2.81. The highest BCUT2D eigenvalue weighted by atomic mass is 15.2. The first-order valence-electron chi connectivity index (χ1n) is 6.74. The Balaban J connectivity index is 2.30. The highest BCUT2D eigenvalue weighted by Crippen LogP contribution is 2.30. The Morgan fingerprint density at radius 2 is 2.33 bits per heavy atom. The molecule has 3 heteroatoms. The van der Waals surface area contributed by atoms with Crippen molar-refractivity contribution in [1.82, 2.24) is 5.32 Å². The predicted molar refractivity (Wildman–Crippen MR) is 74.6 cm³/mol. The molecule has 2 rings (SSSR count). The van der Waals surface area contributed by atoms with Crippen molar-refractivity contribution in [3.05, 3.63) is 29.3 Å². The quantitative estimate of drug-likeness (QED) is 0.883. The number of anilines is 1. The molecule has 96 valence electrons. The van der Waals surface area contributed by atoms with Gasteiger partial charge in [-0.05, 0) is 44.0 Å². The van der Waals surface area contributed by atoms with Crippen molar-refractivity contribution in [3.63, 3.8) is 0 Å². The molecule has 1 aromatic rings. The Hall–Kier alpha value is -1.53. The van der Waals surface area contributed by atoms with Crippen molar-refractivity contribution < 1.29 is 0 Å². The Morgan fingerprint density at radius 1 is 1.50 bits per heavy atom. The maximum absolute atomic E-state index is 9.33. The molecule has 1 N–H and O–H groups in total. The number of hydrogen-bond donors (Lipinski definition) is 1. The molecule has 1 aliphatic rings. The summed E-state index contributed by atoms with van der Waals surface area (Å²) < 4.78 is 0. The minimum absolute atomic E-state index is 0.604. The average Bonchev–Trinajstić information content (AvgIpc) is 2.87. The number of nitriles is 1. The monoisotopic (exact) mass is 243 g/mol. The van der Waals surface area contributed by atoms with Crippen molar-refractivity contribution >= 4 is 5.69 Å². The van der Waals surface area contributed by atoms with E-state index in [9.17, 15) is 5.26 Å². The summed E-state index contributed by atoms with van der Waals surface area (Å²) in [4.78, 5) is 2.40. The largest absolute Gasteiger partial charge is 0.367 e. The van der Waals surface area contributed by atoms with Crippen molar-refractivity contribution in [2.24, 2.45) is 0 Å². The molecule has 1 heterocycles. The molecule has 1 aromatic carbocycles. The van der Waals surface area contributed by atoms with Gasteiger partial charge in [-0.3, -0.25) is 0 Å². The third-order valence-corrected chi connectivity index (χ3v) is 3.72. The van der Waals surface area contributed by atoms with Gasteiger partial charge in [0, 0.05) is 19.1 Å². The molecular formula is C15H21N3. The molecule has 1 unspecified atom stereocenters. The number of nitrogens with one attached hydrogen (secondary N) is 1. The lowest BCUT2D eigenvalue weighted by atomic mass is 10.1. The molecule has 0 saturated carbocycles. The molecule has 0 bridgehead atoms. The summed E-state index contributed by atoms with van der Waals surface area (Å²) in [6.45, 7) is 4.12. The highest BCUT2D eigenvalue weighted by Gasteiger charge is 2.24. The van der Waals surface area contributed by atoms with E-state index < -0.39 is 0 Å². The van der Waals surface area contributed by atoms with Crippen molar-refractivity contribution in [1.29, 1.82) is 5.26 Å². The standard InChI is InChI=1S/C15H21N3/c1-3-14-5-4-8-18(14)15-7-6-12(11-17-2)9-13(15)10-16/h6-7,9,14,17H,3-5,8,11H2,1-2H3. The Morgan fingerprint density at radius 3 is 3.00 bits per heavy atom. The maximum atomic E-state index is 9.33. The third-order valence-electron chi connectivity index (χ3n) is 3.72. The summed E-state index contributed by atoms with van der Waals surface area (Å²) in [5.74, 6) is 0. The van der Waals surface area contributed by atoms with Gasteiger partial charge in [0.1, 0.15) is 6.07 Å². The fourth-order valence-electron chi connectivity index (χ4n) is 2.81. The van der Waals surface area contributed by atoms with Gasteiger partial charge in [-0.1, -0.05) is 13.0 Å². The van der Waals surface area contributed by atoms with Crippen LogP contribution in [0.2, 0.25) is 0 Å². The van der Waals surface area contributed by atoms with Gasteiger partial charge in [0.25, 0.3) is 0 Å². The van der Waals surface area contributed by atoms with Crippen LogP contribution in [0, 0.1) is 11.3 Å². The average molecular weight is 243 g/mol. The first-order chi connectivity index (χ1) is 8.80. The summed E-state index contributed by atoms with van der Waals surface area (Å²) in [5.41, 5.74) is 3.09. The van der Waals surface area contributed by atoms with E-state index >= 15 is 0 Å². The first kappa shape index (κ1) is 12.9. The zero-order valence-electron chi connectivity index (χ0n) is 11.2. The van der Waals surface area contributed by atoms with Gasteiger partial charge in [0.05, 0.1) is 11.3 Å². The first-order valence-corrected chi connectivity index (χ1v) is 6.74. The molecule has 3 nitrogen and oxygen atoms in total. The SMILES string of the molecule is CCC1CCCN1c1ccc(CNC)cc1C#N. The zero-order valence-corrected chi connectivity index (χ0v) is 11.2. The molecule has 1 fully saturated rings. The molecular weight excluding hydrogens is 222 g/mol. The van der Waals surface area contributed by atoms with E-state index in [1.165, 1.54) is 18.4 Å². The summed E-state index contributed by atoms with van der Waals surface area (Å²) in [7, 11) is 1.92. The Kier molecular flexibility index (Phi) is 4.22. The molecule has 0 spiro atoms. The van der Waals surface area contributed by atoms with Gasteiger partial charge in [0.15, 0.2) is 0 Å². The molecule has 18 heavy (non-hydrogen) atoms. The van der Waals surface area contributed by atoms with Crippen LogP contribution in [0.15, 0.2) is 18.2 Å².